The van der Waals surface area contributed by atoms with Crippen LogP contribution in [0, 0.1) is 0 Å². The fourth-order valence-corrected chi connectivity index (χ4v) is 8.07. The first-order valence-corrected chi connectivity index (χ1v) is 13.8. The SMILES string of the molecule is CCCCCSC1CC(SCCCCC)CC(SCCCCC)C1. The molecule has 1 fully saturated rings. The first kappa shape index (κ1) is 23.1. The maximum absolute atomic E-state index is 2.32. The summed E-state index contributed by atoms with van der Waals surface area (Å²) in [5.74, 6) is 4.21. The van der Waals surface area contributed by atoms with Crippen molar-refractivity contribution in [1.29, 1.82) is 0 Å². The monoisotopic (exact) mass is 390 g/mol. The number of hydrogen-bond acceptors (Lipinski definition) is 3. The van der Waals surface area contributed by atoms with Gasteiger partial charge in [0.05, 0.1) is 0 Å². The molecule has 1 rings (SSSR count). The Labute approximate surface area is 165 Å². The number of thioether (sulfide) groups is 3. The van der Waals surface area contributed by atoms with E-state index in [1.807, 2.05) is 0 Å². The Hall–Kier alpha value is 1.05. The van der Waals surface area contributed by atoms with Crippen LogP contribution in [0.2, 0.25) is 0 Å². The van der Waals surface area contributed by atoms with Crippen LogP contribution in [0.1, 0.15) is 97.8 Å². The zero-order valence-electron chi connectivity index (χ0n) is 16.6. The summed E-state index contributed by atoms with van der Waals surface area (Å²) in [7, 11) is 0. The molecule has 0 saturated heterocycles. The van der Waals surface area contributed by atoms with E-state index >= 15 is 0 Å². The zero-order valence-corrected chi connectivity index (χ0v) is 19.0. The van der Waals surface area contributed by atoms with Gasteiger partial charge in [-0.2, -0.15) is 35.3 Å². The van der Waals surface area contributed by atoms with Crippen molar-refractivity contribution < 1.29 is 0 Å². The molecule has 1 aliphatic carbocycles. The van der Waals surface area contributed by atoms with Crippen molar-refractivity contribution in [2.45, 2.75) is 114 Å². The Morgan fingerprint density at radius 1 is 0.500 bits per heavy atom. The van der Waals surface area contributed by atoms with Gasteiger partial charge in [-0.25, -0.2) is 0 Å². The fourth-order valence-electron chi connectivity index (χ4n) is 3.38. The number of unbranched alkanes of at least 4 members (excludes halogenated alkanes) is 6. The van der Waals surface area contributed by atoms with Gasteiger partial charge < -0.3 is 0 Å². The van der Waals surface area contributed by atoms with Gasteiger partial charge in [0.15, 0.2) is 0 Å². The van der Waals surface area contributed by atoms with Gasteiger partial charge in [-0.1, -0.05) is 59.3 Å². The van der Waals surface area contributed by atoms with Crippen LogP contribution >= 0.6 is 35.3 Å². The van der Waals surface area contributed by atoms with Crippen molar-refractivity contribution in [2.24, 2.45) is 0 Å². The summed E-state index contributed by atoms with van der Waals surface area (Å²) in [6.45, 7) is 6.95. The molecule has 0 nitrogen and oxygen atoms in total. The van der Waals surface area contributed by atoms with E-state index in [0.717, 1.165) is 15.7 Å². The van der Waals surface area contributed by atoms with Crippen LogP contribution in [0.15, 0.2) is 0 Å². The first-order chi connectivity index (χ1) is 11.8. The minimum atomic E-state index is 0.947. The molecule has 24 heavy (non-hydrogen) atoms. The van der Waals surface area contributed by atoms with E-state index in [1.54, 1.807) is 0 Å². The number of hydrogen-bond donors (Lipinski definition) is 0. The van der Waals surface area contributed by atoms with Crippen LogP contribution in [0.5, 0.6) is 0 Å². The van der Waals surface area contributed by atoms with Crippen molar-refractivity contribution in [3.05, 3.63) is 0 Å². The minimum Gasteiger partial charge on any atom is -0.159 e. The largest absolute Gasteiger partial charge is 0.159 e. The lowest BCUT2D eigenvalue weighted by molar-refractivity contribution is 0.539. The molecule has 0 N–H and O–H groups in total. The molecule has 3 heteroatoms. The summed E-state index contributed by atoms with van der Waals surface area (Å²) in [5, 5.41) is 2.84. The molecule has 0 bridgehead atoms. The molecule has 0 aromatic heterocycles. The molecule has 1 saturated carbocycles. The highest BCUT2D eigenvalue weighted by Crippen LogP contribution is 2.40. The molecule has 0 unspecified atom stereocenters. The Morgan fingerprint density at radius 2 is 0.792 bits per heavy atom. The van der Waals surface area contributed by atoms with Crippen molar-refractivity contribution in [1.82, 2.24) is 0 Å². The highest BCUT2D eigenvalue weighted by molar-refractivity contribution is 8.01. The Bertz CT molecular complexity index is 221. The minimum absolute atomic E-state index is 0.947. The molecule has 0 radical (unpaired) electrons. The quantitative estimate of drug-likeness (QED) is 0.260. The lowest BCUT2D eigenvalue weighted by atomic mass is 9.99. The summed E-state index contributed by atoms with van der Waals surface area (Å²) >= 11 is 6.92. The second-order valence-corrected chi connectivity index (χ2v) is 11.5. The summed E-state index contributed by atoms with van der Waals surface area (Å²) in [6, 6.07) is 0. The average molecular weight is 391 g/mol. The second-order valence-electron chi connectivity index (χ2n) is 7.31. The molecule has 0 aliphatic heterocycles. The van der Waals surface area contributed by atoms with Crippen molar-refractivity contribution >= 4 is 35.3 Å². The van der Waals surface area contributed by atoms with Crippen LogP contribution in [0.25, 0.3) is 0 Å². The molecule has 0 atom stereocenters. The van der Waals surface area contributed by atoms with E-state index in [4.69, 9.17) is 0 Å². The Balaban J connectivity index is 2.33. The maximum Gasteiger partial charge on any atom is 0.00681 e. The van der Waals surface area contributed by atoms with Gasteiger partial charge in [-0.3, -0.25) is 0 Å². The second kappa shape index (κ2) is 16.2. The third-order valence-corrected chi connectivity index (χ3v) is 9.02. The van der Waals surface area contributed by atoms with Crippen molar-refractivity contribution in [3.8, 4) is 0 Å². The standard InChI is InChI=1S/C21H42S3/c1-4-7-10-13-22-19-16-20(23-14-11-8-5-2)18-21(17-19)24-15-12-9-6-3/h19-21H,4-18H2,1-3H3. The van der Waals surface area contributed by atoms with Crippen LogP contribution in [-0.4, -0.2) is 33.0 Å². The average Bonchev–Trinajstić information content (AvgIpc) is 2.59. The normalized spacial score (nSPS) is 24.4. The molecule has 0 aromatic carbocycles. The summed E-state index contributed by atoms with van der Waals surface area (Å²) in [4.78, 5) is 0. The lowest BCUT2D eigenvalue weighted by Crippen LogP contribution is -2.29. The molecule has 0 aromatic rings. The summed E-state index contributed by atoms with van der Waals surface area (Å²) in [5.41, 5.74) is 0. The van der Waals surface area contributed by atoms with Crippen LogP contribution in [-0.2, 0) is 0 Å². The van der Waals surface area contributed by atoms with Gasteiger partial charge in [-0.15, -0.1) is 0 Å². The molecule has 0 amide bonds. The topological polar surface area (TPSA) is 0 Å². The predicted molar refractivity (Wildman–Crippen MR) is 121 cm³/mol. The molecule has 144 valence electrons. The van der Waals surface area contributed by atoms with Gasteiger partial charge in [0, 0.05) is 15.7 Å². The highest BCUT2D eigenvalue weighted by atomic mass is 32.2. The van der Waals surface area contributed by atoms with Gasteiger partial charge in [0.2, 0.25) is 0 Å². The zero-order chi connectivity index (χ0) is 17.5. The van der Waals surface area contributed by atoms with E-state index in [1.165, 1.54) is 94.3 Å². The molecule has 0 heterocycles. The van der Waals surface area contributed by atoms with Gasteiger partial charge >= 0.3 is 0 Å². The predicted octanol–water partition coefficient (Wildman–Crippen LogP) is 8.05. The lowest BCUT2D eigenvalue weighted by Gasteiger charge is -2.34. The first-order valence-electron chi connectivity index (χ1n) is 10.6. The van der Waals surface area contributed by atoms with Crippen LogP contribution < -0.4 is 0 Å². The molecular weight excluding hydrogens is 348 g/mol. The Kier molecular flexibility index (Phi) is 15.6. The van der Waals surface area contributed by atoms with Crippen molar-refractivity contribution in [3.63, 3.8) is 0 Å². The molecule has 0 spiro atoms. The van der Waals surface area contributed by atoms with Crippen LogP contribution in [0.3, 0.4) is 0 Å². The summed E-state index contributed by atoms with van der Waals surface area (Å²) in [6.07, 6.45) is 17.1. The fraction of sp³-hybridized carbons (Fsp3) is 1.00. The summed E-state index contributed by atoms with van der Waals surface area (Å²) < 4.78 is 0. The maximum atomic E-state index is 2.32. The van der Waals surface area contributed by atoms with Gasteiger partial charge in [0.1, 0.15) is 0 Å². The molecule has 1 aliphatic rings. The highest BCUT2D eigenvalue weighted by Gasteiger charge is 2.29. The smallest absolute Gasteiger partial charge is 0.00681 e. The van der Waals surface area contributed by atoms with E-state index in [9.17, 15) is 0 Å². The Morgan fingerprint density at radius 3 is 1.04 bits per heavy atom. The van der Waals surface area contributed by atoms with Crippen LogP contribution in [0.4, 0.5) is 0 Å². The number of rotatable bonds is 15. The van der Waals surface area contributed by atoms with Gasteiger partial charge in [-0.05, 0) is 55.8 Å². The van der Waals surface area contributed by atoms with E-state index in [2.05, 4.69) is 56.1 Å². The molecular formula is C21H42S3. The third kappa shape index (κ3) is 11.6. The van der Waals surface area contributed by atoms with Gasteiger partial charge in [0.25, 0.3) is 0 Å². The van der Waals surface area contributed by atoms with Crippen molar-refractivity contribution in [2.75, 3.05) is 17.3 Å². The third-order valence-electron chi connectivity index (χ3n) is 4.88. The van der Waals surface area contributed by atoms with E-state index in [0.29, 0.717) is 0 Å². The van der Waals surface area contributed by atoms with E-state index < -0.39 is 0 Å². The van der Waals surface area contributed by atoms with E-state index in [-0.39, 0.29) is 0 Å².